The molecule has 2 rings (SSSR count). The van der Waals surface area contributed by atoms with Crippen LogP contribution in [0.3, 0.4) is 0 Å². The molecule has 1 N–H and O–H groups in total. The van der Waals surface area contributed by atoms with Gasteiger partial charge in [0.25, 0.3) is 5.91 Å². The van der Waals surface area contributed by atoms with Crippen LogP contribution in [0, 0.1) is 0 Å². The number of nitrogens with one attached hydrogen (secondary N) is 1. The topological polar surface area (TPSA) is 60.5 Å². The van der Waals surface area contributed by atoms with Gasteiger partial charge >= 0.3 is 0 Å². The first-order chi connectivity index (χ1) is 10.5. The highest BCUT2D eigenvalue weighted by atomic mass is 16.5. The van der Waals surface area contributed by atoms with E-state index in [1.54, 1.807) is 30.6 Å². The number of carbonyl (C=O) groups excluding carboxylic acids is 1. The molecule has 1 aromatic carbocycles. The third-order valence-electron chi connectivity index (χ3n) is 3.48. The quantitative estimate of drug-likeness (QED) is 0.922. The molecule has 0 aliphatic heterocycles. The number of rotatable bonds is 5. The Morgan fingerprint density at radius 1 is 1.05 bits per heavy atom. The minimum absolute atomic E-state index is 0.254. The monoisotopic (exact) mass is 300 g/mol. The predicted molar refractivity (Wildman–Crippen MR) is 84.3 cm³/mol. The summed E-state index contributed by atoms with van der Waals surface area (Å²) in [5.74, 6) is 0.695. The Hall–Kier alpha value is -2.56. The van der Waals surface area contributed by atoms with E-state index < -0.39 is 5.54 Å². The molecule has 0 unspecified atom stereocenters. The average Bonchev–Trinajstić information content (AvgIpc) is 2.54. The van der Waals surface area contributed by atoms with Crippen LogP contribution in [-0.4, -0.2) is 25.1 Å². The summed E-state index contributed by atoms with van der Waals surface area (Å²) < 4.78 is 10.6. The second-order valence-corrected chi connectivity index (χ2v) is 5.35. The van der Waals surface area contributed by atoms with Crippen molar-refractivity contribution in [1.29, 1.82) is 0 Å². The predicted octanol–water partition coefficient (Wildman–Crippen LogP) is 2.76. The van der Waals surface area contributed by atoms with Crippen LogP contribution in [0.25, 0.3) is 0 Å². The molecule has 0 aliphatic carbocycles. The Labute approximate surface area is 130 Å². The van der Waals surface area contributed by atoms with Crippen LogP contribution in [0.15, 0.2) is 42.7 Å². The standard InChI is InChI=1S/C17H20N2O3/c1-17(2,12-8-10-18-11-9-12)19-16(20)15-13(21-3)6-5-7-14(15)22-4/h5-11H,1-4H3,(H,19,20). The zero-order chi connectivity index (χ0) is 16.2. The van der Waals surface area contributed by atoms with Crippen LogP contribution in [0.5, 0.6) is 11.5 Å². The van der Waals surface area contributed by atoms with Crippen molar-refractivity contribution in [2.45, 2.75) is 19.4 Å². The van der Waals surface area contributed by atoms with Gasteiger partial charge in [-0.05, 0) is 43.7 Å². The van der Waals surface area contributed by atoms with Crippen molar-refractivity contribution in [2.24, 2.45) is 0 Å². The first-order valence-corrected chi connectivity index (χ1v) is 6.93. The lowest BCUT2D eigenvalue weighted by molar-refractivity contribution is 0.0905. The summed E-state index contributed by atoms with van der Waals surface area (Å²) >= 11 is 0. The van der Waals surface area contributed by atoms with Crippen molar-refractivity contribution in [3.63, 3.8) is 0 Å². The van der Waals surface area contributed by atoms with E-state index >= 15 is 0 Å². The number of benzene rings is 1. The van der Waals surface area contributed by atoms with Crippen LogP contribution in [0.4, 0.5) is 0 Å². The van der Waals surface area contributed by atoms with Crippen LogP contribution in [-0.2, 0) is 5.54 Å². The van der Waals surface area contributed by atoms with Crippen LogP contribution in [0.2, 0.25) is 0 Å². The molecule has 0 saturated carbocycles. The third kappa shape index (κ3) is 3.19. The number of pyridine rings is 1. The molecule has 0 aliphatic rings. The average molecular weight is 300 g/mol. The lowest BCUT2D eigenvalue weighted by Crippen LogP contribution is -2.41. The molecule has 1 aromatic heterocycles. The SMILES string of the molecule is COc1cccc(OC)c1C(=O)NC(C)(C)c1ccncc1. The lowest BCUT2D eigenvalue weighted by atomic mass is 9.94. The molecule has 0 bridgehead atoms. The molecule has 22 heavy (non-hydrogen) atoms. The summed E-state index contributed by atoms with van der Waals surface area (Å²) in [6, 6.07) is 9.00. The van der Waals surface area contributed by atoms with Crippen molar-refractivity contribution in [3.8, 4) is 11.5 Å². The Kier molecular flexibility index (Phi) is 4.65. The molecule has 0 saturated heterocycles. The fraction of sp³-hybridized carbons (Fsp3) is 0.294. The van der Waals surface area contributed by atoms with Gasteiger partial charge in [0.15, 0.2) is 0 Å². The van der Waals surface area contributed by atoms with Crippen molar-refractivity contribution in [3.05, 3.63) is 53.9 Å². The molecule has 0 spiro atoms. The van der Waals surface area contributed by atoms with E-state index in [9.17, 15) is 4.79 Å². The van der Waals surface area contributed by atoms with E-state index in [-0.39, 0.29) is 5.91 Å². The van der Waals surface area contributed by atoms with Gasteiger partial charge in [-0.1, -0.05) is 6.07 Å². The summed E-state index contributed by atoms with van der Waals surface area (Å²) in [5, 5.41) is 3.01. The highest BCUT2D eigenvalue weighted by Crippen LogP contribution is 2.29. The highest BCUT2D eigenvalue weighted by Gasteiger charge is 2.26. The molecule has 0 fully saturated rings. The van der Waals surface area contributed by atoms with Gasteiger partial charge in [0, 0.05) is 12.4 Å². The smallest absolute Gasteiger partial charge is 0.259 e. The summed E-state index contributed by atoms with van der Waals surface area (Å²) in [7, 11) is 3.05. The highest BCUT2D eigenvalue weighted by molar-refractivity contribution is 6.00. The lowest BCUT2D eigenvalue weighted by Gasteiger charge is -2.27. The number of methoxy groups -OCH3 is 2. The van der Waals surface area contributed by atoms with Gasteiger partial charge in [-0.15, -0.1) is 0 Å². The van der Waals surface area contributed by atoms with Gasteiger partial charge in [0.2, 0.25) is 0 Å². The van der Waals surface area contributed by atoms with E-state index in [1.165, 1.54) is 14.2 Å². The maximum absolute atomic E-state index is 12.7. The molecular weight excluding hydrogens is 280 g/mol. The summed E-state index contributed by atoms with van der Waals surface area (Å²) in [5.41, 5.74) is 0.797. The van der Waals surface area contributed by atoms with Crippen molar-refractivity contribution >= 4 is 5.91 Å². The van der Waals surface area contributed by atoms with Gasteiger partial charge in [-0.2, -0.15) is 0 Å². The van der Waals surface area contributed by atoms with E-state index in [0.29, 0.717) is 17.1 Å². The Balaban J connectivity index is 2.33. The van der Waals surface area contributed by atoms with Gasteiger partial charge < -0.3 is 14.8 Å². The van der Waals surface area contributed by atoms with E-state index in [0.717, 1.165) is 5.56 Å². The first kappa shape index (κ1) is 15.8. The summed E-state index contributed by atoms with van der Waals surface area (Å²) in [6.45, 7) is 3.87. The molecule has 0 radical (unpaired) electrons. The van der Waals surface area contributed by atoms with Gasteiger partial charge in [-0.3, -0.25) is 9.78 Å². The largest absolute Gasteiger partial charge is 0.496 e. The Morgan fingerprint density at radius 3 is 2.09 bits per heavy atom. The molecule has 1 heterocycles. The molecule has 2 aromatic rings. The van der Waals surface area contributed by atoms with E-state index in [4.69, 9.17) is 9.47 Å². The van der Waals surface area contributed by atoms with Gasteiger partial charge in [0.1, 0.15) is 17.1 Å². The number of ether oxygens (including phenoxy) is 2. The van der Waals surface area contributed by atoms with Crippen molar-refractivity contribution in [1.82, 2.24) is 10.3 Å². The zero-order valence-electron chi connectivity index (χ0n) is 13.2. The molecule has 0 atom stereocenters. The number of aromatic nitrogens is 1. The maximum atomic E-state index is 12.7. The minimum atomic E-state index is -0.550. The third-order valence-corrected chi connectivity index (χ3v) is 3.48. The van der Waals surface area contributed by atoms with Crippen LogP contribution >= 0.6 is 0 Å². The fourth-order valence-electron chi connectivity index (χ4n) is 2.26. The van der Waals surface area contributed by atoms with E-state index in [2.05, 4.69) is 10.3 Å². The Bertz CT molecular complexity index is 632. The molecule has 5 heteroatoms. The van der Waals surface area contributed by atoms with E-state index in [1.807, 2.05) is 26.0 Å². The summed E-state index contributed by atoms with van der Waals surface area (Å²) in [6.07, 6.45) is 3.40. The molecule has 116 valence electrons. The normalized spacial score (nSPS) is 10.9. The fourth-order valence-corrected chi connectivity index (χ4v) is 2.26. The van der Waals surface area contributed by atoms with Crippen molar-refractivity contribution in [2.75, 3.05) is 14.2 Å². The number of amides is 1. The molecule has 1 amide bonds. The van der Waals surface area contributed by atoms with Crippen LogP contribution in [0.1, 0.15) is 29.8 Å². The second kappa shape index (κ2) is 6.47. The number of carbonyl (C=O) groups is 1. The van der Waals surface area contributed by atoms with Crippen molar-refractivity contribution < 1.29 is 14.3 Å². The minimum Gasteiger partial charge on any atom is -0.496 e. The molecule has 5 nitrogen and oxygen atoms in total. The summed E-state index contributed by atoms with van der Waals surface area (Å²) in [4.78, 5) is 16.7. The Morgan fingerprint density at radius 2 is 1.59 bits per heavy atom. The second-order valence-electron chi connectivity index (χ2n) is 5.35. The van der Waals surface area contributed by atoms with Gasteiger partial charge in [-0.25, -0.2) is 0 Å². The molecular formula is C17H20N2O3. The zero-order valence-corrected chi connectivity index (χ0v) is 13.2. The number of nitrogens with zero attached hydrogens (tertiary/aromatic N) is 1. The van der Waals surface area contributed by atoms with Crippen LogP contribution < -0.4 is 14.8 Å². The number of hydrogen-bond donors (Lipinski definition) is 1. The number of hydrogen-bond acceptors (Lipinski definition) is 4. The van der Waals surface area contributed by atoms with Gasteiger partial charge in [0.05, 0.1) is 19.8 Å². The maximum Gasteiger partial charge on any atom is 0.259 e. The first-order valence-electron chi connectivity index (χ1n) is 6.93.